The smallest absolute Gasteiger partial charge is 0.323 e. The molecule has 0 saturated carbocycles. The van der Waals surface area contributed by atoms with E-state index in [1.54, 1.807) is 35.2 Å². The van der Waals surface area contributed by atoms with Crippen LogP contribution in [0.25, 0.3) is 0 Å². The molecular weight excluding hydrogens is 318 g/mol. The van der Waals surface area contributed by atoms with Gasteiger partial charge in [0.1, 0.15) is 5.75 Å². The number of amides is 3. The number of hydrogen-bond acceptors (Lipinski definition) is 3. The van der Waals surface area contributed by atoms with Crippen LogP contribution in [0.15, 0.2) is 60.7 Å². The van der Waals surface area contributed by atoms with Gasteiger partial charge in [-0.25, -0.2) is 4.79 Å². The van der Waals surface area contributed by atoms with Gasteiger partial charge in [0.25, 0.3) is 5.91 Å². The van der Waals surface area contributed by atoms with Gasteiger partial charge in [0.05, 0.1) is 5.69 Å². The molecular formula is C19H19N3O3. The molecule has 0 unspecified atom stereocenters. The van der Waals surface area contributed by atoms with Gasteiger partial charge in [0.15, 0.2) is 6.61 Å². The summed E-state index contributed by atoms with van der Waals surface area (Å²) in [6.45, 7) is 6.13. The molecule has 6 nitrogen and oxygen atoms in total. The van der Waals surface area contributed by atoms with Gasteiger partial charge < -0.3 is 20.3 Å². The molecule has 6 heteroatoms. The van der Waals surface area contributed by atoms with Crippen LogP contribution in [0.2, 0.25) is 0 Å². The highest BCUT2D eigenvalue weighted by molar-refractivity contribution is 6.01. The fraction of sp³-hybridized carbons (Fsp3) is 0.158. The Kier molecular flexibility index (Phi) is 4.70. The van der Waals surface area contributed by atoms with E-state index in [4.69, 9.17) is 4.74 Å². The molecule has 0 fully saturated rings. The van der Waals surface area contributed by atoms with Crippen molar-refractivity contribution in [2.75, 3.05) is 28.7 Å². The predicted molar refractivity (Wildman–Crippen MR) is 98.2 cm³/mol. The number of ether oxygens (including phenoxy) is 1. The molecule has 0 bridgehead atoms. The summed E-state index contributed by atoms with van der Waals surface area (Å²) in [5.74, 6) is 0.441. The second kappa shape index (κ2) is 7.09. The lowest BCUT2D eigenvalue weighted by molar-refractivity contribution is -0.121. The van der Waals surface area contributed by atoms with Crippen LogP contribution >= 0.6 is 0 Å². The summed E-state index contributed by atoms with van der Waals surface area (Å²) in [6.07, 6.45) is 0. The zero-order chi connectivity index (χ0) is 17.8. The number of benzene rings is 2. The third-order valence-corrected chi connectivity index (χ3v) is 3.62. The molecule has 1 aliphatic rings. The van der Waals surface area contributed by atoms with E-state index in [2.05, 4.69) is 17.2 Å². The third kappa shape index (κ3) is 3.98. The summed E-state index contributed by atoms with van der Waals surface area (Å²) in [5.41, 5.74) is 2.84. The monoisotopic (exact) mass is 337 g/mol. The summed E-state index contributed by atoms with van der Waals surface area (Å²) in [4.78, 5) is 25.7. The number of urea groups is 1. The topological polar surface area (TPSA) is 70.7 Å². The molecule has 0 aliphatic carbocycles. The van der Waals surface area contributed by atoms with E-state index in [-0.39, 0.29) is 18.5 Å². The first-order valence-electron chi connectivity index (χ1n) is 7.87. The van der Waals surface area contributed by atoms with Gasteiger partial charge in [0, 0.05) is 24.0 Å². The van der Waals surface area contributed by atoms with Crippen molar-refractivity contribution >= 4 is 29.0 Å². The number of carbonyl (C=O) groups excluding carboxylic acids is 2. The largest absolute Gasteiger partial charge is 0.481 e. The quantitative estimate of drug-likeness (QED) is 0.837. The van der Waals surface area contributed by atoms with Crippen LogP contribution in [0.4, 0.5) is 21.9 Å². The minimum absolute atomic E-state index is 0.0278. The Morgan fingerprint density at radius 1 is 1.16 bits per heavy atom. The maximum Gasteiger partial charge on any atom is 0.323 e. The van der Waals surface area contributed by atoms with Gasteiger partial charge in [-0.1, -0.05) is 30.4 Å². The molecule has 1 aliphatic heterocycles. The Morgan fingerprint density at radius 2 is 1.88 bits per heavy atom. The van der Waals surface area contributed by atoms with E-state index >= 15 is 0 Å². The molecule has 128 valence electrons. The molecule has 0 radical (unpaired) electrons. The van der Waals surface area contributed by atoms with Crippen molar-refractivity contribution in [3.05, 3.63) is 60.7 Å². The van der Waals surface area contributed by atoms with E-state index in [0.29, 0.717) is 29.4 Å². The first-order chi connectivity index (χ1) is 12.0. The maximum atomic E-state index is 12.1. The first-order valence-corrected chi connectivity index (χ1v) is 7.87. The lowest BCUT2D eigenvalue weighted by Crippen LogP contribution is -2.39. The van der Waals surface area contributed by atoms with Crippen LogP contribution < -0.4 is 20.3 Å². The molecule has 0 atom stereocenters. The fourth-order valence-corrected chi connectivity index (χ4v) is 2.54. The molecule has 1 heterocycles. The number of hydrogen-bond donors (Lipinski definition) is 2. The van der Waals surface area contributed by atoms with Crippen molar-refractivity contribution in [3.63, 3.8) is 0 Å². The minimum Gasteiger partial charge on any atom is -0.481 e. The van der Waals surface area contributed by atoms with Crippen molar-refractivity contribution in [2.45, 2.75) is 6.92 Å². The summed E-state index contributed by atoms with van der Waals surface area (Å²) < 4.78 is 5.50. The summed E-state index contributed by atoms with van der Waals surface area (Å²) in [6, 6.07) is 14.0. The number of para-hydroxylation sites is 1. The van der Waals surface area contributed by atoms with Gasteiger partial charge >= 0.3 is 6.03 Å². The normalized spacial score (nSPS) is 12.8. The van der Waals surface area contributed by atoms with Gasteiger partial charge in [-0.3, -0.25) is 4.79 Å². The lowest BCUT2D eigenvalue weighted by Gasteiger charge is -2.29. The van der Waals surface area contributed by atoms with Crippen molar-refractivity contribution < 1.29 is 14.3 Å². The van der Waals surface area contributed by atoms with Gasteiger partial charge in [0.2, 0.25) is 0 Å². The minimum atomic E-state index is -0.350. The Bertz CT molecular complexity index is 818. The van der Waals surface area contributed by atoms with Crippen molar-refractivity contribution in [1.29, 1.82) is 0 Å². The van der Waals surface area contributed by atoms with Crippen LogP contribution in [-0.2, 0) is 4.79 Å². The first kappa shape index (κ1) is 16.6. The molecule has 3 amide bonds. The molecule has 0 saturated heterocycles. The van der Waals surface area contributed by atoms with E-state index < -0.39 is 0 Å². The highest BCUT2D eigenvalue weighted by Crippen LogP contribution is 2.34. The Hall–Kier alpha value is -3.28. The summed E-state index contributed by atoms with van der Waals surface area (Å²) >= 11 is 0. The molecule has 2 aromatic rings. The van der Waals surface area contributed by atoms with Gasteiger partial charge in [-0.15, -0.1) is 0 Å². The number of nitrogens with zero attached hydrogens (tertiary/aromatic N) is 1. The molecule has 0 spiro atoms. The fourth-order valence-electron chi connectivity index (χ4n) is 2.54. The molecule has 0 aromatic heterocycles. The van der Waals surface area contributed by atoms with Crippen molar-refractivity contribution in [3.8, 4) is 5.75 Å². The second-order valence-electron chi connectivity index (χ2n) is 5.85. The maximum absolute atomic E-state index is 12.1. The Morgan fingerprint density at radius 3 is 2.60 bits per heavy atom. The standard InChI is InChI=1S/C19H19N3O3/c1-13(2)11-22-16-9-8-15(10-17(16)25-12-18(22)23)21-19(24)20-14-6-4-3-5-7-14/h3-10H,1,11-12H2,2H3,(H2,20,21,24). The average Bonchev–Trinajstić information content (AvgIpc) is 2.58. The van der Waals surface area contributed by atoms with E-state index in [1.165, 1.54) is 0 Å². The van der Waals surface area contributed by atoms with Crippen LogP contribution in [0.3, 0.4) is 0 Å². The molecule has 3 rings (SSSR count). The number of anilines is 3. The molecule has 2 N–H and O–H groups in total. The molecule has 2 aromatic carbocycles. The second-order valence-corrected chi connectivity index (χ2v) is 5.85. The van der Waals surface area contributed by atoms with Gasteiger partial charge in [-0.2, -0.15) is 0 Å². The SMILES string of the molecule is C=C(C)CN1C(=O)COc2cc(NC(=O)Nc3ccccc3)ccc21. The van der Waals surface area contributed by atoms with Crippen molar-refractivity contribution in [1.82, 2.24) is 0 Å². The van der Waals surface area contributed by atoms with Crippen LogP contribution in [0, 0.1) is 0 Å². The number of fused-ring (bicyclic) bond motifs is 1. The predicted octanol–water partition coefficient (Wildman–Crippen LogP) is 3.63. The Labute approximate surface area is 146 Å². The van der Waals surface area contributed by atoms with E-state index in [9.17, 15) is 9.59 Å². The van der Waals surface area contributed by atoms with E-state index in [1.807, 2.05) is 25.1 Å². The van der Waals surface area contributed by atoms with E-state index in [0.717, 1.165) is 5.57 Å². The number of carbonyl (C=O) groups is 2. The highest BCUT2D eigenvalue weighted by Gasteiger charge is 2.25. The zero-order valence-corrected chi connectivity index (χ0v) is 13.9. The lowest BCUT2D eigenvalue weighted by atomic mass is 10.2. The average molecular weight is 337 g/mol. The van der Waals surface area contributed by atoms with Crippen LogP contribution in [0.1, 0.15) is 6.92 Å². The Balaban J connectivity index is 1.74. The zero-order valence-electron chi connectivity index (χ0n) is 13.9. The third-order valence-electron chi connectivity index (χ3n) is 3.62. The van der Waals surface area contributed by atoms with Crippen LogP contribution in [0.5, 0.6) is 5.75 Å². The summed E-state index contributed by atoms with van der Waals surface area (Å²) in [5, 5.41) is 5.50. The highest BCUT2D eigenvalue weighted by atomic mass is 16.5. The number of rotatable bonds is 4. The summed E-state index contributed by atoms with van der Waals surface area (Å²) in [7, 11) is 0. The van der Waals surface area contributed by atoms with Crippen molar-refractivity contribution in [2.24, 2.45) is 0 Å². The van der Waals surface area contributed by atoms with Crippen LogP contribution in [-0.4, -0.2) is 25.1 Å². The number of nitrogens with one attached hydrogen (secondary N) is 2. The molecule has 25 heavy (non-hydrogen) atoms. The van der Waals surface area contributed by atoms with Gasteiger partial charge in [-0.05, 0) is 31.2 Å².